The molecule has 0 aromatic heterocycles. The van der Waals surface area contributed by atoms with Crippen molar-refractivity contribution in [2.24, 2.45) is 0 Å². The number of ketones is 1. The lowest BCUT2D eigenvalue weighted by atomic mass is 9.91. The van der Waals surface area contributed by atoms with E-state index in [1.165, 1.54) is 6.92 Å². The molecule has 1 saturated carbocycles. The fourth-order valence-electron chi connectivity index (χ4n) is 1.32. The van der Waals surface area contributed by atoms with Gasteiger partial charge in [0.15, 0.2) is 6.10 Å². The van der Waals surface area contributed by atoms with Crippen LogP contribution in [0.5, 0.6) is 0 Å². The molecule has 3 atom stereocenters. The molecule has 0 amide bonds. The summed E-state index contributed by atoms with van der Waals surface area (Å²) >= 11 is 0. The van der Waals surface area contributed by atoms with Gasteiger partial charge in [0.2, 0.25) is 5.78 Å². The number of esters is 1. The van der Waals surface area contributed by atoms with E-state index in [9.17, 15) is 9.59 Å². The molecule has 0 aliphatic heterocycles. The Hall–Kier alpha value is -0.940. The molecule has 0 aromatic carbocycles. The molecule has 5 nitrogen and oxygen atoms in total. The summed E-state index contributed by atoms with van der Waals surface area (Å²) in [5.41, 5.74) is 0. The number of Topliss-reactive ketones (excluding diaryl/α,β-unsaturated/α-hetero) is 1. The number of aliphatic hydroxyl groups excluding tert-OH is 2. The van der Waals surface area contributed by atoms with Gasteiger partial charge in [0, 0.05) is 6.92 Å². The third-order valence-electron chi connectivity index (χ3n) is 2.01. The third kappa shape index (κ3) is 2.26. The molecular weight excluding hydrogens is 176 g/mol. The van der Waals surface area contributed by atoms with Crippen LogP contribution in [0.1, 0.15) is 19.8 Å². The van der Waals surface area contributed by atoms with Gasteiger partial charge in [0.1, 0.15) is 6.10 Å². The van der Waals surface area contributed by atoms with Gasteiger partial charge in [0.05, 0.1) is 6.10 Å². The van der Waals surface area contributed by atoms with Crippen molar-refractivity contribution in [3.05, 3.63) is 0 Å². The number of carbonyl (C=O) groups excluding carboxylic acids is 2. The molecule has 1 fully saturated rings. The maximum Gasteiger partial charge on any atom is 0.303 e. The lowest BCUT2D eigenvalue weighted by Gasteiger charge is -2.27. The number of hydrogen-bond donors (Lipinski definition) is 2. The minimum Gasteiger partial charge on any atom is -0.454 e. The summed E-state index contributed by atoms with van der Waals surface area (Å²) in [6.45, 7) is 1.20. The highest BCUT2D eigenvalue weighted by atomic mass is 16.5. The number of carbonyl (C=O) groups is 2. The van der Waals surface area contributed by atoms with Crippen molar-refractivity contribution in [2.75, 3.05) is 0 Å². The zero-order valence-corrected chi connectivity index (χ0v) is 7.27. The smallest absolute Gasteiger partial charge is 0.303 e. The summed E-state index contributed by atoms with van der Waals surface area (Å²) in [7, 11) is 0. The predicted molar refractivity (Wildman–Crippen MR) is 41.8 cm³/mol. The van der Waals surface area contributed by atoms with E-state index >= 15 is 0 Å². The summed E-state index contributed by atoms with van der Waals surface area (Å²) in [6.07, 6.45) is -2.80. The van der Waals surface area contributed by atoms with E-state index in [0.29, 0.717) is 0 Å². The van der Waals surface area contributed by atoms with Crippen molar-refractivity contribution < 1.29 is 24.5 Å². The van der Waals surface area contributed by atoms with E-state index in [4.69, 9.17) is 10.2 Å². The lowest BCUT2D eigenvalue weighted by molar-refractivity contribution is -0.164. The third-order valence-corrected chi connectivity index (χ3v) is 2.01. The topological polar surface area (TPSA) is 83.8 Å². The Morgan fingerprint density at radius 2 is 2.08 bits per heavy atom. The Kier molecular flexibility index (Phi) is 3.00. The van der Waals surface area contributed by atoms with Crippen LogP contribution in [-0.2, 0) is 14.3 Å². The predicted octanol–water partition coefficient (Wildman–Crippen LogP) is -0.997. The van der Waals surface area contributed by atoms with Crippen molar-refractivity contribution in [3.63, 3.8) is 0 Å². The number of aliphatic hydroxyl groups is 2. The second-order valence-electron chi connectivity index (χ2n) is 3.09. The molecular formula is C8H12O5. The molecule has 1 aliphatic rings. The first-order valence-corrected chi connectivity index (χ1v) is 4.09. The monoisotopic (exact) mass is 188 g/mol. The van der Waals surface area contributed by atoms with Crippen LogP contribution in [0.3, 0.4) is 0 Å². The number of hydrogen-bond acceptors (Lipinski definition) is 5. The van der Waals surface area contributed by atoms with Crippen molar-refractivity contribution >= 4 is 11.8 Å². The van der Waals surface area contributed by atoms with Gasteiger partial charge in [0.25, 0.3) is 0 Å². The molecule has 13 heavy (non-hydrogen) atoms. The van der Waals surface area contributed by atoms with Gasteiger partial charge in [-0.25, -0.2) is 0 Å². The molecule has 5 heteroatoms. The standard InChI is InChI=1S/C8H12O5/c1-4(9)13-6-3-2-5(10)7(11)8(6)12/h5-7,10-11H,2-3H2,1H3/t5-,6+,7-/m1/s1. The zero-order valence-electron chi connectivity index (χ0n) is 7.27. The van der Waals surface area contributed by atoms with Crippen LogP contribution < -0.4 is 0 Å². The summed E-state index contributed by atoms with van der Waals surface area (Å²) in [4.78, 5) is 21.7. The SMILES string of the molecule is CC(=O)O[C@H]1CC[C@@H](O)[C@@H](O)C1=O. The molecule has 74 valence electrons. The minimum absolute atomic E-state index is 0.269. The average Bonchev–Trinajstić information content (AvgIpc) is 2.06. The molecule has 0 radical (unpaired) electrons. The summed E-state index contributed by atoms with van der Waals surface area (Å²) in [6, 6.07) is 0. The normalized spacial score (nSPS) is 34.4. The van der Waals surface area contributed by atoms with Crippen molar-refractivity contribution in [2.45, 2.75) is 38.1 Å². The van der Waals surface area contributed by atoms with E-state index in [1.54, 1.807) is 0 Å². The van der Waals surface area contributed by atoms with Crippen LogP contribution >= 0.6 is 0 Å². The average molecular weight is 188 g/mol. The molecule has 1 rings (SSSR count). The molecule has 0 saturated heterocycles. The van der Waals surface area contributed by atoms with E-state index in [1.807, 2.05) is 0 Å². The molecule has 1 aliphatic carbocycles. The van der Waals surface area contributed by atoms with Gasteiger partial charge >= 0.3 is 5.97 Å². The van der Waals surface area contributed by atoms with E-state index < -0.39 is 30.1 Å². The molecule has 0 bridgehead atoms. The fraction of sp³-hybridized carbons (Fsp3) is 0.750. The highest BCUT2D eigenvalue weighted by Crippen LogP contribution is 2.18. The van der Waals surface area contributed by atoms with Crippen LogP contribution in [0.2, 0.25) is 0 Å². The highest BCUT2D eigenvalue weighted by Gasteiger charge is 2.37. The largest absolute Gasteiger partial charge is 0.454 e. The van der Waals surface area contributed by atoms with Crippen LogP contribution in [-0.4, -0.2) is 40.3 Å². The second-order valence-corrected chi connectivity index (χ2v) is 3.09. The maximum absolute atomic E-state index is 11.2. The van der Waals surface area contributed by atoms with E-state index in [0.717, 1.165) is 0 Å². The Morgan fingerprint density at radius 3 is 2.62 bits per heavy atom. The van der Waals surface area contributed by atoms with Crippen molar-refractivity contribution in [1.82, 2.24) is 0 Å². The zero-order chi connectivity index (χ0) is 10.0. The Balaban J connectivity index is 2.59. The number of rotatable bonds is 1. The minimum atomic E-state index is -1.42. The Bertz CT molecular complexity index is 225. The second kappa shape index (κ2) is 3.85. The van der Waals surface area contributed by atoms with Gasteiger partial charge in [-0.05, 0) is 12.8 Å². The van der Waals surface area contributed by atoms with Crippen LogP contribution in [0.4, 0.5) is 0 Å². The molecule has 2 N–H and O–H groups in total. The first kappa shape index (κ1) is 10.1. The molecule has 0 unspecified atom stereocenters. The lowest BCUT2D eigenvalue weighted by Crippen LogP contribution is -2.47. The van der Waals surface area contributed by atoms with Crippen LogP contribution in [0, 0.1) is 0 Å². The van der Waals surface area contributed by atoms with E-state index in [2.05, 4.69) is 4.74 Å². The fourth-order valence-corrected chi connectivity index (χ4v) is 1.32. The van der Waals surface area contributed by atoms with Gasteiger partial charge in [-0.3, -0.25) is 9.59 Å². The Morgan fingerprint density at radius 1 is 1.46 bits per heavy atom. The quantitative estimate of drug-likeness (QED) is 0.516. The first-order valence-electron chi connectivity index (χ1n) is 4.09. The molecule has 0 heterocycles. The van der Waals surface area contributed by atoms with Crippen LogP contribution in [0.25, 0.3) is 0 Å². The summed E-state index contributed by atoms with van der Waals surface area (Å²) in [5, 5.41) is 18.2. The first-order chi connectivity index (χ1) is 6.02. The number of ether oxygens (including phenoxy) is 1. The summed E-state index contributed by atoms with van der Waals surface area (Å²) in [5.74, 6) is -1.17. The van der Waals surface area contributed by atoms with Crippen molar-refractivity contribution in [3.8, 4) is 0 Å². The van der Waals surface area contributed by atoms with E-state index in [-0.39, 0.29) is 12.8 Å². The molecule has 0 aromatic rings. The van der Waals surface area contributed by atoms with Gasteiger partial charge in [-0.15, -0.1) is 0 Å². The molecule has 0 spiro atoms. The van der Waals surface area contributed by atoms with Gasteiger partial charge in [-0.1, -0.05) is 0 Å². The van der Waals surface area contributed by atoms with Gasteiger partial charge in [-0.2, -0.15) is 0 Å². The highest BCUT2D eigenvalue weighted by molar-refractivity contribution is 5.90. The van der Waals surface area contributed by atoms with Gasteiger partial charge < -0.3 is 14.9 Å². The van der Waals surface area contributed by atoms with Crippen molar-refractivity contribution in [1.29, 1.82) is 0 Å². The van der Waals surface area contributed by atoms with Crippen LogP contribution in [0.15, 0.2) is 0 Å². The summed E-state index contributed by atoms with van der Waals surface area (Å²) < 4.78 is 4.66. The maximum atomic E-state index is 11.2. The Labute approximate surface area is 75.3 Å².